The van der Waals surface area contributed by atoms with Crippen LogP contribution < -0.4 is 5.32 Å². The van der Waals surface area contributed by atoms with Gasteiger partial charge in [-0.15, -0.1) is 0 Å². The number of carbonyl (C=O) groups is 4. The zero-order valence-electron chi connectivity index (χ0n) is 14.4. The molecule has 0 saturated carbocycles. The van der Waals surface area contributed by atoms with Crippen LogP contribution in [0.4, 0.5) is 9.59 Å². The first-order chi connectivity index (χ1) is 10.3. The molecule has 1 fully saturated rings. The number of rotatable bonds is 1. The minimum Gasteiger partial charge on any atom is -0.444 e. The molecule has 0 spiro atoms. The van der Waals surface area contributed by atoms with Crippen molar-refractivity contribution in [2.24, 2.45) is 0 Å². The Kier molecular flexibility index (Phi) is 5.39. The highest BCUT2D eigenvalue weighted by molar-refractivity contribution is 6.12. The fraction of sp³-hybridized carbons (Fsp3) is 0.733. The summed E-state index contributed by atoms with van der Waals surface area (Å²) in [5.74, 6) is -1.46. The van der Waals surface area contributed by atoms with Crippen LogP contribution in [0, 0.1) is 0 Å². The van der Waals surface area contributed by atoms with Gasteiger partial charge in [0.2, 0.25) is 5.91 Å². The molecule has 8 nitrogen and oxygen atoms in total. The van der Waals surface area contributed by atoms with Crippen molar-refractivity contribution in [2.45, 2.75) is 71.6 Å². The zero-order chi connectivity index (χ0) is 18.0. The third kappa shape index (κ3) is 5.88. The van der Waals surface area contributed by atoms with Crippen molar-refractivity contribution >= 4 is 24.0 Å². The highest BCUT2D eigenvalue weighted by Crippen LogP contribution is 2.18. The van der Waals surface area contributed by atoms with Crippen LogP contribution in [0.1, 0.15) is 54.4 Å². The number of nitrogens with one attached hydrogen (secondary N) is 1. The number of hydrogen-bond donors (Lipinski definition) is 1. The molecule has 23 heavy (non-hydrogen) atoms. The molecule has 1 unspecified atom stereocenters. The molecule has 0 aliphatic carbocycles. The number of carbonyl (C=O) groups excluding carboxylic acids is 4. The Bertz CT molecular complexity index is 515. The van der Waals surface area contributed by atoms with Gasteiger partial charge >= 0.3 is 12.2 Å². The Morgan fingerprint density at radius 3 is 2.04 bits per heavy atom. The van der Waals surface area contributed by atoms with Crippen LogP contribution in [-0.2, 0) is 19.1 Å². The SMILES string of the molecule is CC(C)(C)OC(=O)NC1CCC(=O)N(C(=O)OC(C)(C)C)C1=O. The highest BCUT2D eigenvalue weighted by atomic mass is 16.6. The van der Waals surface area contributed by atoms with Crippen LogP contribution in [0.25, 0.3) is 0 Å². The maximum Gasteiger partial charge on any atom is 0.424 e. The number of likely N-dealkylation sites (tertiary alicyclic amines) is 1. The number of amides is 4. The maximum atomic E-state index is 12.3. The molecule has 0 bridgehead atoms. The van der Waals surface area contributed by atoms with Crippen LogP contribution in [0.5, 0.6) is 0 Å². The van der Waals surface area contributed by atoms with Crippen LogP contribution >= 0.6 is 0 Å². The highest BCUT2D eigenvalue weighted by Gasteiger charge is 2.41. The average Bonchev–Trinajstić information content (AvgIpc) is 2.28. The summed E-state index contributed by atoms with van der Waals surface area (Å²) in [6.07, 6.45) is -1.76. The summed E-state index contributed by atoms with van der Waals surface area (Å²) in [5.41, 5.74) is -1.56. The maximum absolute atomic E-state index is 12.3. The first-order valence-corrected chi connectivity index (χ1v) is 7.39. The van der Waals surface area contributed by atoms with Crippen molar-refractivity contribution in [1.29, 1.82) is 0 Å². The predicted molar refractivity (Wildman–Crippen MR) is 80.5 cm³/mol. The Labute approximate surface area is 135 Å². The lowest BCUT2D eigenvalue weighted by atomic mass is 10.0. The van der Waals surface area contributed by atoms with E-state index in [1.54, 1.807) is 41.5 Å². The van der Waals surface area contributed by atoms with Gasteiger partial charge in [0.25, 0.3) is 5.91 Å². The monoisotopic (exact) mass is 328 g/mol. The number of imide groups is 3. The first kappa shape index (κ1) is 18.9. The predicted octanol–water partition coefficient (Wildman–Crippen LogP) is 1.96. The molecule has 8 heteroatoms. The van der Waals surface area contributed by atoms with Crippen LogP contribution in [0.15, 0.2) is 0 Å². The van der Waals surface area contributed by atoms with Gasteiger partial charge in [0, 0.05) is 6.42 Å². The van der Waals surface area contributed by atoms with Crippen LogP contribution in [0.3, 0.4) is 0 Å². The second-order valence-corrected chi connectivity index (χ2v) is 7.29. The molecule has 1 atom stereocenters. The Hall–Kier alpha value is -2.12. The Morgan fingerprint density at radius 1 is 1.04 bits per heavy atom. The fourth-order valence-corrected chi connectivity index (χ4v) is 1.86. The molecule has 130 valence electrons. The Morgan fingerprint density at radius 2 is 1.57 bits per heavy atom. The van der Waals surface area contributed by atoms with Crippen LogP contribution in [-0.4, -0.2) is 46.1 Å². The lowest BCUT2D eigenvalue weighted by Crippen LogP contribution is -2.57. The van der Waals surface area contributed by atoms with Crippen molar-refractivity contribution in [3.8, 4) is 0 Å². The average molecular weight is 328 g/mol. The molecule has 4 amide bonds. The van der Waals surface area contributed by atoms with E-state index >= 15 is 0 Å². The van der Waals surface area contributed by atoms with Gasteiger partial charge in [-0.25, -0.2) is 9.59 Å². The number of piperidine rings is 1. The van der Waals surface area contributed by atoms with E-state index in [4.69, 9.17) is 9.47 Å². The van der Waals surface area contributed by atoms with Gasteiger partial charge in [-0.1, -0.05) is 0 Å². The minimum absolute atomic E-state index is 0.0502. The van der Waals surface area contributed by atoms with Crippen molar-refractivity contribution in [3.63, 3.8) is 0 Å². The number of ether oxygens (including phenoxy) is 2. The molecule has 0 aromatic heterocycles. The molecule has 1 rings (SSSR count). The Balaban J connectivity index is 2.79. The van der Waals surface area contributed by atoms with Crippen LogP contribution in [0.2, 0.25) is 0 Å². The summed E-state index contributed by atoms with van der Waals surface area (Å²) in [6.45, 7) is 9.93. The molecule has 0 aromatic rings. The molecule has 0 radical (unpaired) electrons. The summed E-state index contributed by atoms with van der Waals surface area (Å²) >= 11 is 0. The summed E-state index contributed by atoms with van der Waals surface area (Å²) in [5, 5.41) is 2.38. The van der Waals surface area contributed by atoms with Gasteiger partial charge in [-0.3, -0.25) is 9.59 Å². The summed E-state index contributed by atoms with van der Waals surface area (Å²) in [6, 6.07) is -1.00. The largest absolute Gasteiger partial charge is 0.444 e. The van der Waals surface area contributed by atoms with E-state index in [0.717, 1.165) is 0 Å². The van der Waals surface area contributed by atoms with Crippen molar-refractivity contribution < 1.29 is 28.7 Å². The summed E-state index contributed by atoms with van der Waals surface area (Å²) < 4.78 is 10.1. The molecule has 0 aromatic carbocycles. The first-order valence-electron chi connectivity index (χ1n) is 7.39. The smallest absolute Gasteiger partial charge is 0.424 e. The van der Waals surface area contributed by atoms with Gasteiger partial charge in [0.15, 0.2) is 0 Å². The van der Waals surface area contributed by atoms with Crippen molar-refractivity contribution in [3.05, 3.63) is 0 Å². The number of alkyl carbamates (subject to hydrolysis) is 1. The third-order valence-electron chi connectivity index (χ3n) is 2.68. The number of hydrogen-bond acceptors (Lipinski definition) is 6. The van der Waals surface area contributed by atoms with E-state index in [1.807, 2.05) is 0 Å². The van der Waals surface area contributed by atoms with E-state index in [2.05, 4.69) is 5.32 Å². The quantitative estimate of drug-likeness (QED) is 0.738. The topological polar surface area (TPSA) is 102 Å². The fourth-order valence-electron chi connectivity index (χ4n) is 1.86. The summed E-state index contributed by atoms with van der Waals surface area (Å²) in [7, 11) is 0. The van der Waals surface area contributed by atoms with Gasteiger partial charge in [-0.2, -0.15) is 4.90 Å². The third-order valence-corrected chi connectivity index (χ3v) is 2.68. The molecule has 1 aliphatic rings. The molecular weight excluding hydrogens is 304 g/mol. The second-order valence-electron chi connectivity index (χ2n) is 7.29. The van der Waals surface area contributed by atoms with Gasteiger partial charge in [0.05, 0.1) is 0 Å². The normalized spacial score (nSPS) is 19.4. The number of nitrogens with zero attached hydrogens (tertiary/aromatic N) is 1. The molecule has 1 N–H and O–H groups in total. The lowest BCUT2D eigenvalue weighted by molar-refractivity contribution is -0.148. The molecule has 1 heterocycles. The molecule has 1 saturated heterocycles. The summed E-state index contributed by atoms with van der Waals surface area (Å²) in [4.78, 5) is 48.4. The zero-order valence-corrected chi connectivity index (χ0v) is 14.4. The molecule has 1 aliphatic heterocycles. The van der Waals surface area contributed by atoms with E-state index in [-0.39, 0.29) is 12.8 Å². The van der Waals surface area contributed by atoms with E-state index in [0.29, 0.717) is 4.90 Å². The van der Waals surface area contributed by atoms with E-state index in [1.165, 1.54) is 0 Å². The second kappa shape index (κ2) is 6.55. The standard InChI is InChI=1S/C15H24N2O6/c1-14(2,3)22-12(20)16-9-7-8-10(18)17(11(9)19)13(21)23-15(4,5)6/h9H,7-8H2,1-6H3,(H,16,20). The van der Waals surface area contributed by atoms with E-state index in [9.17, 15) is 19.2 Å². The van der Waals surface area contributed by atoms with Gasteiger partial charge < -0.3 is 14.8 Å². The lowest BCUT2D eigenvalue weighted by Gasteiger charge is -2.31. The van der Waals surface area contributed by atoms with Gasteiger partial charge in [-0.05, 0) is 48.0 Å². The van der Waals surface area contributed by atoms with Crippen molar-refractivity contribution in [1.82, 2.24) is 10.2 Å². The van der Waals surface area contributed by atoms with Gasteiger partial charge in [0.1, 0.15) is 17.2 Å². The molecular formula is C15H24N2O6. The van der Waals surface area contributed by atoms with E-state index < -0.39 is 41.2 Å². The van der Waals surface area contributed by atoms with Crippen molar-refractivity contribution in [2.75, 3.05) is 0 Å². The minimum atomic E-state index is -1.04.